The van der Waals surface area contributed by atoms with Crippen molar-refractivity contribution in [1.82, 2.24) is 4.98 Å². The molecule has 212 valence electrons. The monoisotopic (exact) mass is 561 g/mol. The van der Waals surface area contributed by atoms with Crippen molar-refractivity contribution < 1.29 is 27.5 Å². The Kier molecular flexibility index (Phi) is 7.71. The Labute approximate surface area is 235 Å². The van der Waals surface area contributed by atoms with Crippen molar-refractivity contribution in [3.8, 4) is 5.75 Å². The van der Waals surface area contributed by atoms with Gasteiger partial charge in [-0.05, 0) is 61.6 Å². The summed E-state index contributed by atoms with van der Waals surface area (Å²) in [6.07, 6.45) is 0.0752. The maximum absolute atomic E-state index is 13.7. The number of ether oxygens (including phenoxy) is 1. The molecule has 1 aromatic heterocycles. The molecule has 1 amide bonds. The molecular formula is C32H30F3N3O3. The zero-order valence-electron chi connectivity index (χ0n) is 22.6. The Bertz CT molecular complexity index is 1630. The smallest absolute Gasteiger partial charge is 0.416 e. The van der Waals surface area contributed by atoms with Gasteiger partial charge in [0.05, 0.1) is 22.3 Å². The largest absolute Gasteiger partial charge is 0.486 e. The fourth-order valence-corrected chi connectivity index (χ4v) is 5.69. The summed E-state index contributed by atoms with van der Waals surface area (Å²) in [7, 11) is 0. The van der Waals surface area contributed by atoms with Gasteiger partial charge < -0.3 is 16.2 Å². The molecule has 5 rings (SSSR count). The molecular weight excluding hydrogens is 531 g/mol. The molecule has 1 fully saturated rings. The van der Waals surface area contributed by atoms with Gasteiger partial charge in [0, 0.05) is 27.8 Å². The average molecular weight is 562 g/mol. The number of nitrogens with zero attached hydrogens (tertiary/aromatic N) is 1. The first kappa shape index (κ1) is 28.1. The number of nitrogens with two attached hydrogens (primary N) is 2. The number of halogens is 3. The summed E-state index contributed by atoms with van der Waals surface area (Å²) >= 11 is 0. The van der Waals surface area contributed by atoms with Gasteiger partial charge in [-0.3, -0.25) is 14.6 Å². The van der Waals surface area contributed by atoms with Gasteiger partial charge in [-0.25, -0.2) is 0 Å². The molecule has 0 unspecified atom stereocenters. The van der Waals surface area contributed by atoms with Crippen molar-refractivity contribution >= 4 is 28.3 Å². The first-order valence-corrected chi connectivity index (χ1v) is 13.5. The summed E-state index contributed by atoms with van der Waals surface area (Å²) in [6, 6.07) is 14.7. The molecule has 4 N–H and O–H groups in total. The number of hydrogen-bond donors (Lipinski definition) is 2. The van der Waals surface area contributed by atoms with Crippen LogP contribution in [0.25, 0.3) is 10.9 Å². The van der Waals surface area contributed by atoms with Crippen LogP contribution in [0.2, 0.25) is 0 Å². The number of rotatable bonds is 7. The van der Waals surface area contributed by atoms with Gasteiger partial charge in [-0.15, -0.1) is 0 Å². The number of aryl methyl sites for hydroxylation is 1. The highest BCUT2D eigenvalue weighted by Gasteiger charge is 2.32. The predicted octanol–water partition coefficient (Wildman–Crippen LogP) is 7.10. The van der Waals surface area contributed by atoms with Crippen molar-refractivity contribution in [2.75, 3.05) is 5.73 Å². The number of benzene rings is 3. The highest BCUT2D eigenvalue weighted by atomic mass is 19.4. The van der Waals surface area contributed by atoms with Crippen LogP contribution in [0.1, 0.15) is 86.7 Å². The van der Waals surface area contributed by atoms with Crippen molar-refractivity contribution in [3.63, 3.8) is 0 Å². The van der Waals surface area contributed by atoms with E-state index in [1.54, 1.807) is 0 Å². The number of aromatic nitrogens is 1. The standard InChI is InChI=1S/C32H30F3N3O3/c1-18-15-21(23-9-5-6-10-26(23)38-18)17-41-30-25(29(39)20-11-13-22(14-12-20)32(33,34)35)16-24(31(37)40)27(28(30)36)19-7-3-2-4-8-19/h5-6,9-16,19H,2-4,7-8,17,36H2,1H3,(H2,37,40). The molecule has 0 radical (unpaired) electrons. The molecule has 1 heterocycles. The van der Waals surface area contributed by atoms with E-state index in [0.717, 1.165) is 78.5 Å². The lowest BCUT2D eigenvalue weighted by Gasteiger charge is -2.27. The number of amides is 1. The van der Waals surface area contributed by atoms with Crippen LogP contribution < -0.4 is 16.2 Å². The summed E-state index contributed by atoms with van der Waals surface area (Å²) in [6.45, 7) is 1.91. The molecule has 0 aliphatic heterocycles. The lowest BCUT2D eigenvalue weighted by atomic mass is 9.80. The third-order valence-electron chi connectivity index (χ3n) is 7.66. The van der Waals surface area contributed by atoms with Gasteiger partial charge in [0.25, 0.3) is 0 Å². The van der Waals surface area contributed by atoms with Crippen molar-refractivity contribution in [3.05, 3.63) is 99.7 Å². The van der Waals surface area contributed by atoms with Gasteiger partial charge in [-0.2, -0.15) is 13.2 Å². The molecule has 0 spiro atoms. The average Bonchev–Trinajstić information content (AvgIpc) is 2.95. The maximum atomic E-state index is 13.7. The van der Waals surface area contributed by atoms with Crippen LogP contribution in [0.3, 0.4) is 0 Å². The Morgan fingerprint density at radius 2 is 1.66 bits per heavy atom. The summed E-state index contributed by atoms with van der Waals surface area (Å²) in [5.41, 5.74) is 14.8. The van der Waals surface area contributed by atoms with Crippen LogP contribution >= 0.6 is 0 Å². The molecule has 0 atom stereocenters. The van der Waals surface area contributed by atoms with E-state index >= 15 is 0 Å². The summed E-state index contributed by atoms with van der Waals surface area (Å²) < 4.78 is 45.7. The first-order chi connectivity index (χ1) is 19.5. The first-order valence-electron chi connectivity index (χ1n) is 13.5. The predicted molar refractivity (Wildman–Crippen MR) is 151 cm³/mol. The molecule has 1 saturated carbocycles. The van der Waals surface area contributed by atoms with Gasteiger partial charge in [0.15, 0.2) is 11.5 Å². The molecule has 1 aliphatic carbocycles. The minimum atomic E-state index is -4.55. The van der Waals surface area contributed by atoms with Crippen molar-refractivity contribution in [1.29, 1.82) is 0 Å². The Hall–Kier alpha value is -4.40. The van der Waals surface area contributed by atoms with E-state index < -0.39 is 23.4 Å². The minimum Gasteiger partial charge on any atom is -0.486 e. The SMILES string of the molecule is Cc1cc(COc2c(C(=O)c3ccc(C(F)(F)F)cc3)cc(C(N)=O)c(C3CCCCC3)c2N)c2ccccc2n1. The molecule has 6 nitrogen and oxygen atoms in total. The van der Waals surface area contributed by atoms with Crippen LogP contribution in [0.5, 0.6) is 5.75 Å². The lowest BCUT2D eigenvalue weighted by molar-refractivity contribution is -0.137. The minimum absolute atomic E-state index is 0.00621. The number of fused-ring (bicyclic) bond motifs is 1. The topological polar surface area (TPSA) is 108 Å². The van der Waals surface area contributed by atoms with E-state index in [4.69, 9.17) is 16.2 Å². The fraction of sp³-hybridized carbons (Fsp3) is 0.281. The third kappa shape index (κ3) is 5.75. The molecule has 0 bridgehead atoms. The van der Waals surface area contributed by atoms with Crippen LogP contribution in [0.15, 0.2) is 60.7 Å². The van der Waals surface area contributed by atoms with E-state index in [9.17, 15) is 22.8 Å². The molecule has 41 heavy (non-hydrogen) atoms. The number of anilines is 1. The highest BCUT2D eigenvalue weighted by Crippen LogP contribution is 2.44. The summed E-state index contributed by atoms with van der Waals surface area (Å²) in [5.74, 6) is -1.32. The number of pyridine rings is 1. The van der Waals surface area contributed by atoms with Crippen molar-refractivity contribution in [2.45, 2.75) is 57.7 Å². The van der Waals surface area contributed by atoms with Gasteiger partial charge in [0.2, 0.25) is 5.91 Å². The van der Waals surface area contributed by atoms with Gasteiger partial charge in [-0.1, -0.05) is 49.6 Å². The second-order valence-electron chi connectivity index (χ2n) is 10.5. The lowest BCUT2D eigenvalue weighted by Crippen LogP contribution is -2.21. The molecule has 3 aromatic carbocycles. The number of ketones is 1. The van der Waals surface area contributed by atoms with E-state index in [-0.39, 0.29) is 40.7 Å². The summed E-state index contributed by atoms with van der Waals surface area (Å²) in [5, 5.41) is 0.869. The van der Waals surface area contributed by atoms with E-state index in [1.165, 1.54) is 6.07 Å². The third-order valence-corrected chi connectivity index (χ3v) is 7.66. The van der Waals surface area contributed by atoms with Crippen molar-refractivity contribution in [2.24, 2.45) is 5.73 Å². The number of hydrogen-bond acceptors (Lipinski definition) is 5. The molecule has 4 aromatic rings. The van der Waals surface area contributed by atoms with Crippen LogP contribution in [-0.2, 0) is 12.8 Å². The molecule has 0 saturated heterocycles. The van der Waals surface area contributed by atoms with Gasteiger partial charge in [0.1, 0.15) is 6.61 Å². The normalized spacial score (nSPS) is 14.2. The molecule has 1 aliphatic rings. The Morgan fingerprint density at radius 1 is 0.976 bits per heavy atom. The maximum Gasteiger partial charge on any atom is 0.416 e. The second kappa shape index (κ2) is 11.2. The highest BCUT2D eigenvalue weighted by molar-refractivity contribution is 6.13. The number of primary amides is 1. The number of alkyl halides is 3. The Morgan fingerprint density at radius 3 is 2.32 bits per heavy atom. The number of carbonyl (C=O) groups excluding carboxylic acids is 2. The molecule has 9 heteroatoms. The second-order valence-corrected chi connectivity index (χ2v) is 10.5. The summed E-state index contributed by atoms with van der Waals surface area (Å²) in [4.78, 5) is 30.9. The van der Waals surface area contributed by atoms with E-state index in [1.807, 2.05) is 37.3 Å². The quantitative estimate of drug-likeness (QED) is 0.185. The van der Waals surface area contributed by atoms with Crippen LogP contribution in [0, 0.1) is 6.92 Å². The zero-order chi connectivity index (χ0) is 29.3. The van der Waals surface area contributed by atoms with E-state index in [0.29, 0.717) is 5.56 Å². The van der Waals surface area contributed by atoms with Crippen LogP contribution in [0.4, 0.5) is 18.9 Å². The number of carbonyl (C=O) groups is 2. The fourth-order valence-electron chi connectivity index (χ4n) is 5.69. The van der Waals surface area contributed by atoms with Crippen LogP contribution in [-0.4, -0.2) is 16.7 Å². The van der Waals surface area contributed by atoms with Gasteiger partial charge >= 0.3 is 6.18 Å². The number of nitrogen functional groups attached to an aromatic ring is 1. The van der Waals surface area contributed by atoms with E-state index in [2.05, 4.69) is 4.98 Å². The Balaban J connectivity index is 1.63. The number of para-hydroxylation sites is 1. The zero-order valence-corrected chi connectivity index (χ0v) is 22.6.